The van der Waals surface area contributed by atoms with Gasteiger partial charge in [0.25, 0.3) is 0 Å². The van der Waals surface area contributed by atoms with Gasteiger partial charge in [-0.1, -0.05) is 6.92 Å². The summed E-state index contributed by atoms with van der Waals surface area (Å²) < 4.78 is 10.4. The number of carbonyl (C=O) groups is 2. The first kappa shape index (κ1) is 23.8. The second-order valence-electron chi connectivity index (χ2n) is 8.07. The monoisotopic (exact) mass is 399 g/mol. The number of carbonyl (C=O) groups excluding carboxylic acids is 2. The van der Waals surface area contributed by atoms with Crippen molar-refractivity contribution in [2.45, 2.75) is 40.2 Å². The van der Waals surface area contributed by atoms with Gasteiger partial charge in [-0.3, -0.25) is 4.99 Å². The molecule has 1 fully saturated rings. The Morgan fingerprint density at radius 3 is 2.25 bits per heavy atom. The van der Waals surface area contributed by atoms with E-state index in [1.165, 1.54) is 0 Å². The van der Waals surface area contributed by atoms with Gasteiger partial charge in [-0.05, 0) is 33.6 Å². The number of nitrogens with zero attached hydrogens (tertiary/aromatic N) is 4. The van der Waals surface area contributed by atoms with Crippen LogP contribution in [0.2, 0.25) is 0 Å². The summed E-state index contributed by atoms with van der Waals surface area (Å²) in [6.45, 7) is 13.7. The van der Waals surface area contributed by atoms with Gasteiger partial charge in [0.05, 0.1) is 6.61 Å². The fourth-order valence-corrected chi connectivity index (χ4v) is 2.86. The Kier molecular flexibility index (Phi) is 9.34. The van der Waals surface area contributed by atoms with Crippen molar-refractivity contribution in [2.75, 3.05) is 60.0 Å². The fourth-order valence-electron chi connectivity index (χ4n) is 2.86. The Hall–Kier alpha value is -2.19. The lowest BCUT2D eigenvalue weighted by atomic mass is 10.1. The van der Waals surface area contributed by atoms with Gasteiger partial charge < -0.3 is 29.5 Å². The third-order valence-electron chi connectivity index (χ3n) is 4.22. The summed E-state index contributed by atoms with van der Waals surface area (Å²) >= 11 is 0. The van der Waals surface area contributed by atoms with Gasteiger partial charge in [-0.15, -0.1) is 0 Å². The third-order valence-corrected chi connectivity index (χ3v) is 4.22. The zero-order valence-corrected chi connectivity index (χ0v) is 18.4. The van der Waals surface area contributed by atoms with Gasteiger partial charge in [0.1, 0.15) is 5.60 Å². The molecule has 1 aliphatic heterocycles. The molecule has 0 aromatic rings. The predicted molar refractivity (Wildman–Crippen MR) is 110 cm³/mol. The molecule has 1 rings (SSSR count). The molecule has 1 saturated heterocycles. The minimum absolute atomic E-state index is 0.218. The van der Waals surface area contributed by atoms with Crippen LogP contribution in [0.5, 0.6) is 0 Å². The molecule has 1 atom stereocenters. The second kappa shape index (κ2) is 11.0. The molecule has 1 unspecified atom stereocenters. The van der Waals surface area contributed by atoms with E-state index in [0.29, 0.717) is 45.9 Å². The van der Waals surface area contributed by atoms with Crippen molar-refractivity contribution in [1.29, 1.82) is 0 Å². The van der Waals surface area contributed by atoms with Crippen LogP contribution in [0.4, 0.5) is 9.59 Å². The Morgan fingerprint density at radius 1 is 1.18 bits per heavy atom. The first-order chi connectivity index (χ1) is 13.1. The average Bonchev–Trinajstić information content (AvgIpc) is 2.61. The molecule has 162 valence electrons. The molecular weight excluding hydrogens is 362 g/mol. The molecule has 0 aromatic heterocycles. The average molecular weight is 400 g/mol. The Bertz CT molecular complexity index is 539. The van der Waals surface area contributed by atoms with Crippen LogP contribution in [0.1, 0.15) is 34.6 Å². The standard InChI is InChI=1S/C19H37N5O4/c1-8-27-18(26)24-11-9-23(10-12-24)16(20-6)21-13-15(2)14-22(7)17(25)28-19(3,4)5/h15H,8-14H2,1-7H3,(H,20,21). The largest absolute Gasteiger partial charge is 0.450 e. The highest BCUT2D eigenvalue weighted by molar-refractivity contribution is 5.80. The predicted octanol–water partition coefficient (Wildman–Crippen LogP) is 1.84. The van der Waals surface area contributed by atoms with E-state index in [1.54, 1.807) is 30.8 Å². The topological polar surface area (TPSA) is 86.7 Å². The number of aliphatic imine (C=N–C) groups is 1. The van der Waals surface area contributed by atoms with E-state index in [-0.39, 0.29) is 18.1 Å². The normalized spacial score (nSPS) is 16.5. The maximum Gasteiger partial charge on any atom is 0.410 e. The van der Waals surface area contributed by atoms with Crippen molar-refractivity contribution in [3.63, 3.8) is 0 Å². The molecular formula is C19H37N5O4. The van der Waals surface area contributed by atoms with Crippen molar-refractivity contribution < 1.29 is 19.1 Å². The van der Waals surface area contributed by atoms with Crippen molar-refractivity contribution in [3.05, 3.63) is 0 Å². The van der Waals surface area contributed by atoms with E-state index in [4.69, 9.17) is 9.47 Å². The fraction of sp³-hybridized carbons (Fsp3) is 0.842. The van der Waals surface area contributed by atoms with Crippen LogP contribution in [-0.4, -0.2) is 98.4 Å². The Labute approximate surface area is 169 Å². The van der Waals surface area contributed by atoms with Crippen LogP contribution in [0.3, 0.4) is 0 Å². The lowest BCUT2D eigenvalue weighted by molar-refractivity contribution is 0.0277. The van der Waals surface area contributed by atoms with Crippen LogP contribution in [0.25, 0.3) is 0 Å². The van der Waals surface area contributed by atoms with E-state index in [9.17, 15) is 9.59 Å². The smallest absolute Gasteiger partial charge is 0.410 e. The quantitative estimate of drug-likeness (QED) is 0.561. The molecule has 9 nitrogen and oxygen atoms in total. The number of amides is 2. The minimum atomic E-state index is -0.499. The summed E-state index contributed by atoms with van der Waals surface area (Å²) in [4.78, 5) is 33.7. The number of hydrogen-bond donors (Lipinski definition) is 1. The minimum Gasteiger partial charge on any atom is -0.450 e. The molecule has 9 heteroatoms. The van der Waals surface area contributed by atoms with Crippen LogP contribution >= 0.6 is 0 Å². The highest BCUT2D eigenvalue weighted by Gasteiger charge is 2.24. The van der Waals surface area contributed by atoms with Crippen LogP contribution in [0, 0.1) is 5.92 Å². The van der Waals surface area contributed by atoms with Crippen molar-refractivity contribution >= 4 is 18.1 Å². The van der Waals surface area contributed by atoms with Crippen LogP contribution in [-0.2, 0) is 9.47 Å². The van der Waals surface area contributed by atoms with Gasteiger partial charge in [0, 0.05) is 53.4 Å². The molecule has 1 N–H and O–H groups in total. The van der Waals surface area contributed by atoms with Crippen LogP contribution < -0.4 is 5.32 Å². The summed E-state index contributed by atoms with van der Waals surface area (Å²) in [5.41, 5.74) is -0.499. The summed E-state index contributed by atoms with van der Waals surface area (Å²) in [5.74, 6) is 1.02. The molecule has 1 heterocycles. The molecule has 0 bridgehead atoms. The van der Waals surface area contributed by atoms with Gasteiger partial charge in [-0.25, -0.2) is 9.59 Å². The molecule has 1 aliphatic rings. The number of piperazine rings is 1. The number of nitrogens with one attached hydrogen (secondary N) is 1. The number of rotatable bonds is 5. The molecule has 0 radical (unpaired) electrons. The maximum atomic E-state index is 12.1. The SMILES string of the molecule is CCOC(=O)N1CCN(C(=NC)NCC(C)CN(C)C(=O)OC(C)(C)C)CC1. The first-order valence-corrected chi connectivity index (χ1v) is 9.88. The van der Waals surface area contributed by atoms with E-state index in [2.05, 4.69) is 22.1 Å². The van der Waals surface area contributed by atoms with Crippen molar-refractivity contribution in [3.8, 4) is 0 Å². The highest BCUT2D eigenvalue weighted by Crippen LogP contribution is 2.10. The lowest BCUT2D eigenvalue weighted by Crippen LogP contribution is -2.54. The molecule has 0 saturated carbocycles. The maximum absolute atomic E-state index is 12.1. The molecule has 2 amide bonds. The van der Waals surface area contributed by atoms with E-state index < -0.39 is 5.60 Å². The number of ether oxygens (including phenoxy) is 2. The van der Waals surface area contributed by atoms with Gasteiger partial charge >= 0.3 is 12.2 Å². The summed E-state index contributed by atoms with van der Waals surface area (Å²) in [6, 6.07) is 0. The molecule has 0 spiro atoms. The highest BCUT2D eigenvalue weighted by atomic mass is 16.6. The van der Waals surface area contributed by atoms with E-state index >= 15 is 0 Å². The number of guanidine groups is 1. The first-order valence-electron chi connectivity index (χ1n) is 9.88. The zero-order chi connectivity index (χ0) is 21.3. The lowest BCUT2D eigenvalue weighted by Gasteiger charge is -2.36. The third kappa shape index (κ3) is 8.22. The van der Waals surface area contributed by atoms with Gasteiger partial charge in [0.15, 0.2) is 5.96 Å². The van der Waals surface area contributed by atoms with Crippen molar-refractivity contribution in [1.82, 2.24) is 20.0 Å². The Balaban J connectivity index is 2.42. The summed E-state index contributed by atoms with van der Waals surface area (Å²) in [7, 11) is 3.49. The number of hydrogen-bond acceptors (Lipinski definition) is 5. The van der Waals surface area contributed by atoms with E-state index in [0.717, 1.165) is 5.96 Å². The molecule has 0 aliphatic carbocycles. The molecule has 28 heavy (non-hydrogen) atoms. The second-order valence-corrected chi connectivity index (χ2v) is 8.07. The zero-order valence-electron chi connectivity index (χ0n) is 18.4. The van der Waals surface area contributed by atoms with E-state index in [1.807, 2.05) is 20.8 Å². The van der Waals surface area contributed by atoms with Gasteiger partial charge in [-0.2, -0.15) is 0 Å². The Morgan fingerprint density at radius 2 is 1.75 bits per heavy atom. The summed E-state index contributed by atoms with van der Waals surface area (Å²) in [6.07, 6.45) is -0.581. The van der Waals surface area contributed by atoms with Crippen molar-refractivity contribution in [2.24, 2.45) is 10.9 Å². The molecule has 0 aromatic carbocycles. The summed E-state index contributed by atoms with van der Waals surface area (Å²) in [5, 5.41) is 3.36. The van der Waals surface area contributed by atoms with Crippen LogP contribution in [0.15, 0.2) is 4.99 Å². The van der Waals surface area contributed by atoms with Gasteiger partial charge in [0.2, 0.25) is 0 Å².